The van der Waals surface area contributed by atoms with Crippen molar-refractivity contribution in [3.63, 3.8) is 0 Å². The molecule has 2 aromatic heterocycles. The van der Waals surface area contributed by atoms with Crippen LogP contribution in [0.1, 0.15) is 48.1 Å². The second kappa shape index (κ2) is 4.72. The molecule has 96 valence electrons. The van der Waals surface area contributed by atoms with Crippen LogP contribution in [0.15, 0.2) is 16.6 Å². The van der Waals surface area contributed by atoms with E-state index in [4.69, 9.17) is 0 Å². The van der Waals surface area contributed by atoms with E-state index in [0.29, 0.717) is 11.3 Å². The topological polar surface area (TPSA) is 54.6 Å². The molecule has 0 aliphatic heterocycles. The molecular formula is C13H15BrN2O2. The first-order valence-electron chi connectivity index (χ1n) is 5.88. The zero-order chi connectivity index (χ0) is 13.4. The number of nitrogens with zero attached hydrogens (tertiary/aromatic N) is 2. The number of carboxylic acid groups (broad SMARTS) is 1. The van der Waals surface area contributed by atoms with E-state index < -0.39 is 5.97 Å². The van der Waals surface area contributed by atoms with Crippen molar-refractivity contribution in [2.24, 2.45) is 0 Å². The summed E-state index contributed by atoms with van der Waals surface area (Å²) in [7, 11) is 0. The number of fused-ring (bicyclic) bond motifs is 1. The lowest BCUT2D eigenvalue weighted by molar-refractivity contribution is 0.0687. The largest absolute Gasteiger partial charge is 0.477 e. The van der Waals surface area contributed by atoms with E-state index >= 15 is 0 Å². The summed E-state index contributed by atoms with van der Waals surface area (Å²) in [6.07, 6.45) is 0.865. The smallest absolute Gasteiger partial charge is 0.354 e. The number of hydrogen-bond donors (Lipinski definition) is 1. The predicted molar refractivity (Wildman–Crippen MR) is 73.3 cm³/mol. The SMILES string of the molecule is CCC(C)c1nc2ccc(Br)c(C)n2c1C(=O)O. The van der Waals surface area contributed by atoms with Crippen LogP contribution in [0.25, 0.3) is 5.65 Å². The molecular weight excluding hydrogens is 296 g/mol. The minimum atomic E-state index is -0.931. The number of carbonyl (C=O) groups is 1. The molecule has 0 spiro atoms. The molecule has 1 atom stereocenters. The molecule has 0 aliphatic rings. The first-order chi connectivity index (χ1) is 8.47. The molecule has 2 aromatic rings. The molecule has 5 heteroatoms. The summed E-state index contributed by atoms with van der Waals surface area (Å²) < 4.78 is 2.58. The first-order valence-corrected chi connectivity index (χ1v) is 6.67. The summed E-state index contributed by atoms with van der Waals surface area (Å²) in [6, 6.07) is 3.72. The minimum absolute atomic E-state index is 0.133. The Morgan fingerprint density at radius 1 is 1.56 bits per heavy atom. The zero-order valence-electron chi connectivity index (χ0n) is 10.6. The Bertz CT molecular complexity index is 619. The Balaban J connectivity index is 2.85. The van der Waals surface area contributed by atoms with Crippen molar-refractivity contribution in [2.45, 2.75) is 33.1 Å². The Kier molecular flexibility index (Phi) is 3.43. The van der Waals surface area contributed by atoms with E-state index in [9.17, 15) is 9.90 Å². The maximum absolute atomic E-state index is 11.5. The van der Waals surface area contributed by atoms with Crippen LogP contribution in [-0.2, 0) is 0 Å². The quantitative estimate of drug-likeness (QED) is 0.942. The van der Waals surface area contributed by atoms with E-state index in [1.807, 2.05) is 32.9 Å². The van der Waals surface area contributed by atoms with Crippen LogP contribution in [0.3, 0.4) is 0 Å². The second-order valence-electron chi connectivity index (χ2n) is 4.42. The summed E-state index contributed by atoms with van der Waals surface area (Å²) in [5.74, 6) is -0.798. The van der Waals surface area contributed by atoms with Gasteiger partial charge in [0.2, 0.25) is 0 Å². The minimum Gasteiger partial charge on any atom is -0.477 e. The fourth-order valence-corrected chi connectivity index (χ4v) is 2.33. The van der Waals surface area contributed by atoms with Crippen molar-refractivity contribution in [3.8, 4) is 0 Å². The van der Waals surface area contributed by atoms with Gasteiger partial charge in [-0.05, 0) is 41.4 Å². The van der Waals surface area contributed by atoms with Crippen molar-refractivity contribution in [1.82, 2.24) is 9.38 Å². The van der Waals surface area contributed by atoms with Crippen LogP contribution in [0.2, 0.25) is 0 Å². The number of aromatic carboxylic acids is 1. The van der Waals surface area contributed by atoms with E-state index in [2.05, 4.69) is 20.9 Å². The van der Waals surface area contributed by atoms with Crippen LogP contribution in [0.5, 0.6) is 0 Å². The lowest BCUT2D eigenvalue weighted by Crippen LogP contribution is -2.09. The van der Waals surface area contributed by atoms with Gasteiger partial charge < -0.3 is 5.11 Å². The molecule has 1 N–H and O–H groups in total. The highest BCUT2D eigenvalue weighted by molar-refractivity contribution is 9.10. The number of imidazole rings is 1. The van der Waals surface area contributed by atoms with E-state index in [0.717, 1.165) is 16.6 Å². The normalized spacial score (nSPS) is 12.9. The molecule has 0 fully saturated rings. The summed E-state index contributed by atoms with van der Waals surface area (Å²) in [5, 5.41) is 9.44. The number of hydrogen-bond acceptors (Lipinski definition) is 2. The summed E-state index contributed by atoms with van der Waals surface area (Å²) in [6.45, 7) is 5.91. The van der Waals surface area contributed by atoms with E-state index in [1.54, 1.807) is 4.40 Å². The number of rotatable bonds is 3. The van der Waals surface area contributed by atoms with Gasteiger partial charge in [-0.15, -0.1) is 0 Å². The molecule has 2 rings (SSSR count). The highest BCUT2D eigenvalue weighted by atomic mass is 79.9. The molecule has 0 saturated heterocycles. The van der Waals surface area contributed by atoms with Crippen LogP contribution < -0.4 is 0 Å². The molecule has 0 aliphatic carbocycles. The molecule has 1 unspecified atom stereocenters. The molecule has 0 aromatic carbocycles. The molecule has 18 heavy (non-hydrogen) atoms. The Morgan fingerprint density at radius 3 is 2.78 bits per heavy atom. The van der Waals surface area contributed by atoms with Gasteiger partial charge in [-0.1, -0.05) is 13.8 Å². The van der Waals surface area contributed by atoms with Crippen molar-refractivity contribution >= 4 is 27.5 Å². The van der Waals surface area contributed by atoms with Crippen molar-refractivity contribution in [2.75, 3.05) is 0 Å². The van der Waals surface area contributed by atoms with Gasteiger partial charge in [0.05, 0.1) is 5.69 Å². The van der Waals surface area contributed by atoms with E-state index in [-0.39, 0.29) is 11.6 Å². The van der Waals surface area contributed by atoms with Gasteiger partial charge in [-0.2, -0.15) is 0 Å². The van der Waals surface area contributed by atoms with Crippen LogP contribution in [-0.4, -0.2) is 20.5 Å². The second-order valence-corrected chi connectivity index (χ2v) is 5.27. The van der Waals surface area contributed by atoms with Crippen LogP contribution in [0.4, 0.5) is 0 Å². The standard InChI is InChI=1S/C13H15BrN2O2/c1-4-7(2)11-12(13(17)18)16-8(3)9(14)5-6-10(16)15-11/h5-7H,4H2,1-3H3,(H,17,18). The Labute approximate surface area is 114 Å². The molecule has 0 saturated carbocycles. The summed E-state index contributed by atoms with van der Waals surface area (Å²) >= 11 is 3.42. The van der Waals surface area contributed by atoms with Crippen molar-refractivity contribution in [3.05, 3.63) is 33.7 Å². The van der Waals surface area contributed by atoms with Crippen molar-refractivity contribution < 1.29 is 9.90 Å². The molecule has 0 bridgehead atoms. The van der Waals surface area contributed by atoms with Gasteiger partial charge in [0, 0.05) is 16.1 Å². The maximum atomic E-state index is 11.5. The molecule has 0 amide bonds. The molecule has 4 nitrogen and oxygen atoms in total. The lowest BCUT2D eigenvalue weighted by atomic mass is 10.0. The van der Waals surface area contributed by atoms with Gasteiger partial charge in [0.1, 0.15) is 5.65 Å². The predicted octanol–water partition coefficient (Wildman–Crippen LogP) is 3.62. The zero-order valence-corrected chi connectivity index (χ0v) is 12.2. The van der Waals surface area contributed by atoms with Gasteiger partial charge in [0.15, 0.2) is 5.69 Å². The van der Waals surface area contributed by atoms with E-state index in [1.165, 1.54) is 0 Å². The van der Waals surface area contributed by atoms with Crippen LogP contribution >= 0.6 is 15.9 Å². The number of halogens is 1. The molecule has 0 radical (unpaired) electrons. The third-order valence-corrected chi connectivity index (χ3v) is 4.11. The number of aryl methyl sites for hydroxylation is 1. The summed E-state index contributed by atoms with van der Waals surface area (Å²) in [5.41, 5.74) is 2.47. The van der Waals surface area contributed by atoms with Gasteiger partial charge in [-0.25, -0.2) is 9.78 Å². The Hall–Kier alpha value is -1.36. The van der Waals surface area contributed by atoms with Gasteiger partial charge in [-0.3, -0.25) is 4.40 Å². The first kappa shape index (κ1) is 13.1. The number of pyridine rings is 1. The average molecular weight is 311 g/mol. The number of carboxylic acids is 1. The average Bonchev–Trinajstić information content (AvgIpc) is 2.73. The Morgan fingerprint density at radius 2 is 2.22 bits per heavy atom. The van der Waals surface area contributed by atoms with Gasteiger partial charge >= 0.3 is 5.97 Å². The highest BCUT2D eigenvalue weighted by Crippen LogP contribution is 2.27. The lowest BCUT2D eigenvalue weighted by Gasteiger charge is -2.07. The van der Waals surface area contributed by atoms with Crippen molar-refractivity contribution in [1.29, 1.82) is 0 Å². The maximum Gasteiger partial charge on any atom is 0.354 e. The highest BCUT2D eigenvalue weighted by Gasteiger charge is 2.23. The van der Waals surface area contributed by atoms with Gasteiger partial charge in [0.25, 0.3) is 0 Å². The van der Waals surface area contributed by atoms with Crippen LogP contribution in [0, 0.1) is 6.92 Å². The number of aromatic nitrogens is 2. The molecule has 2 heterocycles. The third kappa shape index (κ3) is 1.92. The fraction of sp³-hybridized carbons (Fsp3) is 0.385. The third-order valence-electron chi connectivity index (χ3n) is 3.27. The fourth-order valence-electron chi connectivity index (χ4n) is 2.02. The monoisotopic (exact) mass is 310 g/mol. The summed E-state index contributed by atoms with van der Waals surface area (Å²) in [4.78, 5) is 16.0.